The maximum atomic E-state index is 10.8. The van der Waals surface area contributed by atoms with E-state index < -0.39 is 10.7 Å². The zero-order valence-electron chi connectivity index (χ0n) is 12.4. The van der Waals surface area contributed by atoms with Gasteiger partial charge in [0, 0.05) is 5.56 Å². The number of ether oxygens (including phenoxy) is 1. The lowest BCUT2D eigenvalue weighted by Gasteiger charge is -2.08. The number of methoxy groups -OCH3 is 1. The van der Waals surface area contributed by atoms with Gasteiger partial charge in [0.2, 0.25) is 0 Å². The van der Waals surface area contributed by atoms with Crippen molar-refractivity contribution in [3.63, 3.8) is 0 Å². The van der Waals surface area contributed by atoms with Crippen molar-refractivity contribution in [1.82, 2.24) is 9.78 Å². The van der Waals surface area contributed by atoms with Gasteiger partial charge in [0.25, 0.3) is 0 Å². The van der Waals surface area contributed by atoms with Gasteiger partial charge < -0.3 is 14.9 Å². The van der Waals surface area contributed by atoms with Gasteiger partial charge in [-0.15, -0.1) is 0 Å². The van der Waals surface area contributed by atoms with Gasteiger partial charge in [-0.3, -0.25) is 0 Å². The fourth-order valence-corrected chi connectivity index (χ4v) is 2.25. The van der Waals surface area contributed by atoms with Gasteiger partial charge in [0.1, 0.15) is 23.5 Å². The van der Waals surface area contributed by atoms with Gasteiger partial charge >= 0.3 is 5.82 Å². The van der Waals surface area contributed by atoms with E-state index in [0.29, 0.717) is 16.9 Å². The number of nitriles is 2. The molecule has 2 rings (SSSR count). The molecule has 0 aliphatic carbocycles. The molecule has 0 amide bonds. The highest BCUT2D eigenvalue weighted by Crippen LogP contribution is 2.25. The summed E-state index contributed by atoms with van der Waals surface area (Å²) >= 11 is 5.78. The van der Waals surface area contributed by atoms with Crippen LogP contribution in [0.3, 0.4) is 0 Å². The van der Waals surface area contributed by atoms with E-state index in [9.17, 15) is 10.1 Å². The molecule has 0 radical (unpaired) electrons. The van der Waals surface area contributed by atoms with Gasteiger partial charge in [-0.2, -0.15) is 15.2 Å². The van der Waals surface area contributed by atoms with Crippen molar-refractivity contribution in [2.75, 3.05) is 7.11 Å². The third kappa shape index (κ3) is 3.69. The summed E-state index contributed by atoms with van der Waals surface area (Å²) in [5.41, 5.74) is 1.25. The van der Waals surface area contributed by atoms with Crippen molar-refractivity contribution >= 4 is 23.5 Å². The SMILES string of the molecule is COc1ccc(C=C(C#N)C#N)cc1Cn1cc(Cl)c([N+](=O)[O-])n1. The van der Waals surface area contributed by atoms with E-state index in [4.69, 9.17) is 26.9 Å². The lowest BCUT2D eigenvalue weighted by atomic mass is 10.1. The van der Waals surface area contributed by atoms with Crippen LogP contribution in [0.1, 0.15) is 11.1 Å². The lowest BCUT2D eigenvalue weighted by molar-refractivity contribution is -0.389. The number of nitrogens with zero attached hydrogens (tertiary/aromatic N) is 5. The Hall–Kier alpha value is -3.36. The van der Waals surface area contributed by atoms with Crippen LogP contribution >= 0.6 is 11.6 Å². The number of halogens is 1. The van der Waals surface area contributed by atoms with Crippen molar-refractivity contribution in [2.45, 2.75) is 6.54 Å². The van der Waals surface area contributed by atoms with E-state index in [1.165, 1.54) is 24.1 Å². The highest BCUT2D eigenvalue weighted by Gasteiger charge is 2.19. The Morgan fingerprint density at radius 3 is 2.75 bits per heavy atom. The third-order valence-corrected chi connectivity index (χ3v) is 3.33. The van der Waals surface area contributed by atoms with Crippen molar-refractivity contribution in [3.05, 3.63) is 56.2 Å². The fraction of sp³-hybridized carbons (Fsp3) is 0.133. The molecular weight excluding hydrogens is 334 g/mol. The van der Waals surface area contributed by atoms with Crippen LogP contribution in [-0.2, 0) is 6.54 Å². The number of benzene rings is 1. The molecule has 1 heterocycles. The lowest BCUT2D eigenvalue weighted by Crippen LogP contribution is -2.03. The molecule has 1 aromatic heterocycles. The first-order valence-electron chi connectivity index (χ1n) is 6.54. The standard InChI is InChI=1S/C15H10ClN5O3/c1-24-14-3-2-10(4-11(6-17)7-18)5-12(14)8-20-9-13(16)15(19-20)21(22)23/h2-5,9H,8H2,1H3. The summed E-state index contributed by atoms with van der Waals surface area (Å²) in [4.78, 5) is 10.1. The Labute approximate surface area is 141 Å². The molecule has 24 heavy (non-hydrogen) atoms. The van der Waals surface area contributed by atoms with Crippen molar-refractivity contribution in [2.24, 2.45) is 0 Å². The van der Waals surface area contributed by atoms with Crippen molar-refractivity contribution in [3.8, 4) is 17.9 Å². The molecule has 0 saturated heterocycles. The molecule has 120 valence electrons. The topological polar surface area (TPSA) is 118 Å². The van der Waals surface area contributed by atoms with E-state index in [1.54, 1.807) is 30.3 Å². The summed E-state index contributed by atoms with van der Waals surface area (Å²) < 4.78 is 6.58. The molecule has 0 atom stereocenters. The van der Waals surface area contributed by atoms with E-state index >= 15 is 0 Å². The monoisotopic (exact) mass is 343 g/mol. The highest BCUT2D eigenvalue weighted by atomic mass is 35.5. The van der Waals surface area contributed by atoms with Gasteiger partial charge in [-0.1, -0.05) is 17.7 Å². The van der Waals surface area contributed by atoms with Gasteiger partial charge in [0.05, 0.1) is 25.0 Å². The summed E-state index contributed by atoms with van der Waals surface area (Å²) in [5.74, 6) is 0.111. The summed E-state index contributed by atoms with van der Waals surface area (Å²) in [6.07, 6.45) is 2.78. The quantitative estimate of drug-likeness (QED) is 0.468. The Bertz CT molecular complexity index is 889. The van der Waals surface area contributed by atoms with Crippen molar-refractivity contribution in [1.29, 1.82) is 10.5 Å². The molecule has 0 aliphatic heterocycles. The smallest absolute Gasteiger partial charge is 0.408 e. The largest absolute Gasteiger partial charge is 0.496 e. The molecule has 1 aromatic carbocycles. The maximum absolute atomic E-state index is 10.8. The third-order valence-electron chi connectivity index (χ3n) is 3.06. The van der Waals surface area contributed by atoms with E-state index in [1.807, 2.05) is 0 Å². The molecule has 0 fully saturated rings. The average molecular weight is 344 g/mol. The molecule has 0 aliphatic rings. The minimum absolute atomic E-state index is 0.0381. The summed E-state index contributed by atoms with van der Waals surface area (Å²) in [7, 11) is 1.49. The molecule has 9 heteroatoms. The fourth-order valence-electron chi connectivity index (χ4n) is 2.03. The molecular formula is C15H10ClN5O3. The number of allylic oxidation sites excluding steroid dienone is 1. The number of hydrogen-bond donors (Lipinski definition) is 0. The Balaban J connectivity index is 2.40. The molecule has 0 saturated carbocycles. The Morgan fingerprint density at radius 1 is 1.50 bits per heavy atom. The first kappa shape index (κ1) is 17.0. The van der Waals surface area contributed by atoms with Crippen LogP contribution < -0.4 is 4.74 Å². The van der Waals surface area contributed by atoms with Crippen molar-refractivity contribution < 1.29 is 9.66 Å². The second-order valence-electron chi connectivity index (χ2n) is 4.61. The maximum Gasteiger partial charge on any atom is 0.408 e. The first-order chi connectivity index (χ1) is 11.5. The van der Waals surface area contributed by atoms with Crippen LogP contribution in [0.15, 0.2) is 30.0 Å². The van der Waals surface area contributed by atoms with E-state index in [-0.39, 0.29) is 17.1 Å². The average Bonchev–Trinajstić information content (AvgIpc) is 2.93. The van der Waals surface area contributed by atoms with Crippen LogP contribution in [0.25, 0.3) is 6.08 Å². The predicted octanol–water partition coefficient (Wildman–Crippen LogP) is 2.93. The van der Waals surface area contributed by atoms with Crippen LogP contribution in [-0.4, -0.2) is 21.8 Å². The van der Waals surface area contributed by atoms with Crippen LogP contribution in [0.4, 0.5) is 5.82 Å². The predicted molar refractivity (Wildman–Crippen MR) is 85.2 cm³/mol. The van der Waals surface area contributed by atoms with Crippen LogP contribution in [0.5, 0.6) is 5.75 Å². The van der Waals surface area contributed by atoms with Crippen LogP contribution in [0.2, 0.25) is 5.02 Å². The number of nitro groups is 1. The Kier molecular flexibility index (Phi) is 5.15. The number of hydrogen-bond acceptors (Lipinski definition) is 6. The Morgan fingerprint density at radius 2 is 2.21 bits per heavy atom. The number of rotatable bonds is 5. The first-order valence-corrected chi connectivity index (χ1v) is 6.92. The van der Waals surface area contributed by atoms with Crippen LogP contribution in [0, 0.1) is 32.8 Å². The van der Waals surface area contributed by atoms with Gasteiger partial charge in [-0.05, 0) is 28.7 Å². The summed E-state index contributed by atoms with van der Waals surface area (Å²) in [6.45, 7) is 0.173. The number of aromatic nitrogens is 2. The van der Waals surface area contributed by atoms with E-state index in [2.05, 4.69) is 5.10 Å². The molecule has 0 bridgehead atoms. The zero-order chi connectivity index (χ0) is 17.7. The molecule has 2 aromatic rings. The van der Waals surface area contributed by atoms with E-state index in [0.717, 1.165) is 0 Å². The molecule has 0 N–H and O–H groups in total. The summed E-state index contributed by atoms with van der Waals surface area (Å²) in [6, 6.07) is 8.63. The normalized spacial score (nSPS) is 9.67. The zero-order valence-corrected chi connectivity index (χ0v) is 13.2. The molecule has 0 unspecified atom stereocenters. The minimum Gasteiger partial charge on any atom is -0.496 e. The molecule has 8 nitrogen and oxygen atoms in total. The summed E-state index contributed by atoms with van der Waals surface area (Å²) in [5, 5.41) is 32.2. The van der Waals surface area contributed by atoms with Gasteiger partial charge in [-0.25, -0.2) is 0 Å². The second-order valence-corrected chi connectivity index (χ2v) is 5.02. The highest BCUT2D eigenvalue weighted by molar-refractivity contribution is 6.32. The second kappa shape index (κ2) is 7.27. The molecule has 0 spiro atoms. The minimum atomic E-state index is -0.665. The van der Waals surface area contributed by atoms with Gasteiger partial charge in [0.15, 0.2) is 5.02 Å².